The molecule has 0 aliphatic rings. The van der Waals surface area contributed by atoms with Crippen LogP contribution in [0.15, 0.2) is 29.1 Å². The third-order valence-corrected chi connectivity index (χ3v) is 4.83. The second kappa shape index (κ2) is 5.51. The molecule has 0 spiro atoms. The zero-order valence-corrected chi connectivity index (χ0v) is 13.3. The lowest BCUT2D eigenvalue weighted by atomic mass is 10.1. The van der Waals surface area contributed by atoms with Crippen molar-refractivity contribution in [1.82, 2.24) is 9.88 Å². The quantitative estimate of drug-likeness (QED) is 0.717. The molecule has 0 fully saturated rings. The molecule has 7 heteroatoms. The monoisotopic (exact) mass is 330 g/mol. The number of aryl methyl sites for hydroxylation is 1. The zero-order chi connectivity index (χ0) is 16.7. The van der Waals surface area contributed by atoms with Crippen LogP contribution in [0.1, 0.15) is 17.3 Å². The van der Waals surface area contributed by atoms with Crippen LogP contribution in [0, 0.1) is 0 Å². The van der Waals surface area contributed by atoms with Gasteiger partial charge in [-0.25, -0.2) is 0 Å². The van der Waals surface area contributed by atoms with Crippen LogP contribution in [0.25, 0.3) is 20.3 Å². The first-order valence-electron chi connectivity index (χ1n) is 6.95. The molecular formula is C16H14N2O4S. The lowest BCUT2D eigenvalue weighted by Gasteiger charge is -2.11. The van der Waals surface area contributed by atoms with Gasteiger partial charge < -0.3 is 19.8 Å². The minimum absolute atomic E-state index is 0.347. The number of nitrogens with zero attached hydrogens (tertiary/aromatic N) is 1. The van der Waals surface area contributed by atoms with Crippen molar-refractivity contribution in [3.63, 3.8) is 0 Å². The number of aromatic hydroxyl groups is 1. The highest BCUT2D eigenvalue weighted by atomic mass is 32.1. The van der Waals surface area contributed by atoms with Crippen molar-refractivity contribution in [1.29, 1.82) is 0 Å². The van der Waals surface area contributed by atoms with E-state index in [4.69, 9.17) is 0 Å². The van der Waals surface area contributed by atoms with Crippen LogP contribution in [0.2, 0.25) is 0 Å². The number of rotatable bonds is 3. The number of nitrogens with one attached hydrogen (secondary N) is 1. The molecule has 0 aliphatic heterocycles. The van der Waals surface area contributed by atoms with Gasteiger partial charge in [0, 0.05) is 17.1 Å². The zero-order valence-electron chi connectivity index (χ0n) is 12.5. The van der Waals surface area contributed by atoms with E-state index in [2.05, 4.69) is 5.32 Å². The average Bonchev–Trinajstić information content (AvgIpc) is 2.92. The van der Waals surface area contributed by atoms with E-state index < -0.39 is 17.5 Å². The first-order valence-corrected chi connectivity index (χ1v) is 7.76. The number of aldehydes is 1. The summed E-state index contributed by atoms with van der Waals surface area (Å²) < 4.78 is 2.73. The Bertz CT molecular complexity index is 1000. The molecule has 23 heavy (non-hydrogen) atoms. The summed E-state index contributed by atoms with van der Waals surface area (Å²) in [5.41, 5.74) is -0.359. The summed E-state index contributed by atoms with van der Waals surface area (Å²) in [6.07, 6.45) is 0.553. The summed E-state index contributed by atoms with van der Waals surface area (Å²) in [4.78, 5) is 35.4. The van der Waals surface area contributed by atoms with E-state index in [1.807, 2.05) is 24.3 Å². The van der Waals surface area contributed by atoms with E-state index in [1.54, 1.807) is 7.05 Å². The van der Waals surface area contributed by atoms with Gasteiger partial charge in [-0.05, 0) is 13.0 Å². The number of hydrogen-bond acceptors (Lipinski definition) is 5. The molecule has 0 bridgehead atoms. The van der Waals surface area contributed by atoms with E-state index in [0.29, 0.717) is 16.5 Å². The van der Waals surface area contributed by atoms with Crippen LogP contribution >= 0.6 is 11.3 Å². The van der Waals surface area contributed by atoms with Gasteiger partial charge in [0.2, 0.25) is 0 Å². The summed E-state index contributed by atoms with van der Waals surface area (Å²) in [7, 11) is 1.56. The molecule has 0 aliphatic carbocycles. The number of aromatic nitrogens is 1. The maximum atomic E-state index is 12.5. The fraction of sp³-hybridized carbons (Fsp3) is 0.188. The molecule has 118 valence electrons. The second-order valence-electron chi connectivity index (χ2n) is 5.26. The molecule has 3 rings (SSSR count). The molecule has 0 radical (unpaired) electrons. The van der Waals surface area contributed by atoms with E-state index in [0.717, 1.165) is 10.1 Å². The molecule has 1 aromatic carbocycles. The average molecular weight is 330 g/mol. The number of benzene rings is 1. The van der Waals surface area contributed by atoms with Crippen molar-refractivity contribution in [2.24, 2.45) is 7.05 Å². The minimum atomic E-state index is -0.762. The van der Waals surface area contributed by atoms with Gasteiger partial charge in [-0.2, -0.15) is 0 Å². The highest BCUT2D eigenvalue weighted by Crippen LogP contribution is 2.38. The molecule has 1 amide bonds. The fourth-order valence-electron chi connectivity index (χ4n) is 2.53. The number of carbonyl (C=O) groups is 2. The van der Waals surface area contributed by atoms with Crippen LogP contribution in [0.3, 0.4) is 0 Å². The molecule has 2 heterocycles. The van der Waals surface area contributed by atoms with E-state index in [9.17, 15) is 19.5 Å². The van der Waals surface area contributed by atoms with Gasteiger partial charge in [0.05, 0.1) is 16.3 Å². The molecule has 0 saturated carbocycles. The molecule has 0 saturated heterocycles. The maximum absolute atomic E-state index is 12.5. The molecular weight excluding hydrogens is 316 g/mol. The number of carbonyl (C=O) groups excluding carboxylic acids is 2. The van der Waals surface area contributed by atoms with Crippen molar-refractivity contribution in [3.05, 3.63) is 40.2 Å². The molecule has 6 nitrogen and oxygen atoms in total. The van der Waals surface area contributed by atoms with Crippen LogP contribution in [-0.4, -0.2) is 27.9 Å². The van der Waals surface area contributed by atoms with E-state index in [-0.39, 0.29) is 11.3 Å². The van der Waals surface area contributed by atoms with Gasteiger partial charge in [-0.15, -0.1) is 11.3 Å². The lowest BCUT2D eigenvalue weighted by Crippen LogP contribution is -2.38. The van der Waals surface area contributed by atoms with Gasteiger partial charge in [0.25, 0.3) is 11.5 Å². The Labute approximate surface area is 135 Å². The SMILES string of the molecule is C[C@@H](C=O)NC(=O)c1c(O)c2sc3ccccc3c2n(C)c1=O. The van der Waals surface area contributed by atoms with Gasteiger partial charge >= 0.3 is 0 Å². The van der Waals surface area contributed by atoms with Crippen LogP contribution < -0.4 is 10.9 Å². The summed E-state index contributed by atoms with van der Waals surface area (Å²) in [5, 5.41) is 13.7. The van der Waals surface area contributed by atoms with Crippen molar-refractivity contribution in [2.75, 3.05) is 0 Å². The maximum Gasteiger partial charge on any atom is 0.267 e. The number of pyridine rings is 1. The number of hydrogen-bond donors (Lipinski definition) is 2. The fourth-order valence-corrected chi connectivity index (χ4v) is 3.71. The molecule has 1 atom stereocenters. The van der Waals surface area contributed by atoms with Gasteiger partial charge in [-0.1, -0.05) is 18.2 Å². The van der Waals surface area contributed by atoms with Crippen molar-refractivity contribution < 1.29 is 14.7 Å². The van der Waals surface area contributed by atoms with Crippen molar-refractivity contribution in [2.45, 2.75) is 13.0 Å². The van der Waals surface area contributed by atoms with Gasteiger partial charge in [0.15, 0.2) is 5.75 Å². The summed E-state index contributed by atoms with van der Waals surface area (Å²) >= 11 is 1.31. The first kappa shape index (κ1) is 15.2. The van der Waals surface area contributed by atoms with Crippen molar-refractivity contribution >= 4 is 43.8 Å². The predicted octanol–water partition coefficient (Wildman–Crippen LogP) is 1.78. The van der Waals surface area contributed by atoms with Crippen LogP contribution in [-0.2, 0) is 11.8 Å². The Balaban J connectivity index is 2.33. The standard InChI is InChI=1S/C16H14N2O4S/c1-8(7-19)17-15(21)11-13(20)14-12(18(2)16(11)22)9-5-3-4-6-10(9)23-14/h3-8,20H,1-2H3,(H,17,21)/t8-/m0/s1. The Morgan fingerprint density at radius 2 is 2.09 bits per heavy atom. The van der Waals surface area contributed by atoms with Gasteiger partial charge in [-0.3, -0.25) is 9.59 Å². The Morgan fingerprint density at radius 3 is 2.78 bits per heavy atom. The number of thiophene rings is 1. The third kappa shape index (κ3) is 2.29. The van der Waals surface area contributed by atoms with E-state index >= 15 is 0 Å². The molecule has 2 aromatic heterocycles. The molecule has 3 aromatic rings. The van der Waals surface area contributed by atoms with Gasteiger partial charge in [0.1, 0.15) is 11.8 Å². The minimum Gasteiger partial charge on any atom is -0.505 e. The third-order valence-electron chi connectivity index (χ3n) is 3.67. The molecule has 0 unspecified atom stereocenters. The number of fused-ring (bicyclic) bond motifs is 3. The van der Waals surface area contributed by atoms with E-state index in [1.165, 1.54) is 22.8 Å². The summed E-state index contributed by atoms with van der Waals surface area (Å²) in [6, 6.07) is 6.72. The first-order chi connectivity index (χ1) is 11.0. The topological polar surface area (TPSA) is 88.4 Å². The number of amides is 1. The Kier molecular flexibility index (Phi) is 3.65. The smallest absolute Gasteiger partial charge is 0.267 e. The Hall–Kier alpha value is -2.67. The largest absolute Gasteiger partial charge is 0.505 e. The summed E-state index contributed by atoms with van der Waals surface area (Å²) in [6.45, 7) is 1.49. The van der Waals surface area contributed by atoms with Crippen molar-refractivity contribution in [3.8, 4) is 5.75 Å². The highest BCUT2D eigenvalue weighted by Gasteiger charge is 2.24. The van der Waals surface area contributed by atoms with Crippen LogP contribution in [0.5, 0.6) is 5.75 Å². The second-order valence-corrected chi connectivity index (χ2v) is 6.31. The normalized spacial score (nSPS) is 12.4. The molecule has 2 N–H and O–H groups in total. The Morgan fingerprint density at radius 1 is 1.39 bits per heavy atom. The summed E-state index contributed by atoms with van der Waals surface area (Å²) in [5.74, 6) is -1.11. The van der Waals surface area contributed by atoms with Crippen LogP contribution in [0.4, 0.5) is 0 Å². The predicted molar refractivity (Wildman–Crippen MR) is 89.2 cm³/mol. The lowest BCUT2D eigenvalue weighted by molar-refractivity contribution is -0.109. The highest BCUT2D eigenvalue weighted by molar-refractivity contribution is 7.26.